The number of carbonyl (C=O) groups is 1. The quantitative estimate of drug-likeness (QED) is 0.512. The van der Waals surface area contributed by atoms with Crippen LogP contribution < -0.4 is 14.8 Å². The summed E-state index contributed by atoms with van der Waals surface area (Å²) in [7, 11) is -3.69. The van der Waals surface area contributed by atoms with Crippen LogP contribution in [-0.4, -0.2) is 33.3 Å². The Morgan fingerprint density at radius 3 is 2.38 bits per heavy atom. The third-order valence-electron chi connectivity index (χ3n) is 5.61. The minimum atomic E-state index is -3.69. The molecule has 1 aliphatic heterocycles. The molecule has 0 aromatic heterocycles. The van der Waals surface area contributed by atoms with Gasteiger partial charge in [0, 0.05) is 25.1 Å². The standard InChI is InChI=1S/C26H35N3O4S/c1-26(2,3)20-10-14-22(15-11-20)33-19-7-9-25(30)28-21-12-16-23(17-13-21)34(31,32)29-24-8-5-4-6-18-27-24/h10-17H,4-9,18-19H2,1-3H3,(H,27,29)(H,28,30). The molecule has 0 saturated carbocycles. The molecular weight excluding hydrogens is 450 g/mol. The van der Waals surface area contributed by atoms with Gasteiger partial charge in [-0.05, 0) is 66.6 Å². The van der Waals surface area contributed by atoms with Crippen LogP contribution in [0.15, 0.2) is 58.4 Å². The maximum Gasteiger partial charge on any atom is 0.262 e. The molecule has 3 rings (SSSR count). The largest absolute Gasteiger partial charge is 0.494 e. The Kier molecular flexibility index (Phi) is 8.72. The summed E-state index contributed by atoms with van der Waals surface area (Å²) >= 11 is 0. The van der Waals surface area contributed by atoms with Crippen LogP contribution >= 0.6 is 0 Å². The third-order valence-corrected chi connectivity index (χ3v) is 7.01. The van der Waals surface area contributed by atoms with Crippen LogP contribution in [0.5, 0.6) is 5.75 Å². The molecule has 8 heteroatoms. The minimum Gasteiger partial charge on any atom is -0.494 e. The molecule has 2 aromatic rings. The van der Waals surface area contributed by atoms with Crippen LogP contribution in [0.1, 0.15) is 64.9 Å². The zero-order chi connectivity index (χ0) is 24.6. The monoisotopic (exact) mass is 485 g/mol. The zero-order valence-corrected chi connectivity index (χ0v) is 21.1. The number of hydrogen-bond donors (Lipinski definition) is 2. The van der Waals surface area contributed by atoms with Gasteiger partial charge in [-0.15, -0.1) is 0 Å². The Morgan fingerprint density at radius 1 is 1.00 bits per heavy atom. The van der Waals surface area contributed by atoms with Crippen LogP contribution in [0.3, 0.4) is 0 Å². The van der Waals surface area contributed by atoms with Gasteiger partial charge in [0.15, 0.2) is 0 Å². The van der Waals surface area contributed by atoms with Crippen molar-refractivity contribution in [3.63, 3.8) is 0 Å². The Morgan fingerprint density at radius 2 is 1.71 bits per heavy atom. The number of ether oxygens (including phenoxy) is 1. The molecule has 0 atom stereocenters. The van der Waals surface area contributed by atoms with Crippen molar-refractivity contribution in [3.8, 4) is 5.75 Å². The summed E-state index contributed by atoms with van der Waals surface area (Å²) in [6.45, 7) is 7.59. The highest BCUT2D eigenvalue weighted by Crippen LogP contribution is 2.24. The smallest absolute Gasteiger partial charge is 0.262 e. The molecule has 1 amide bonds. The number of benzene rings is 2. The first-order valence-electron chi connectivity index (χ1n) is 11.8. The normalized spacial score (nSPS) is 14.6. The van der Waals surface area contributed by atoms with Crippen molar-refractivity contribution in [1.82, 2.24) is 4.72 Å². The molecule has 0 unspecified atom stereocenters. The Hall–Kier alpha value is -2.87. The second-order valence-electron chi connectivity index (χ2n) is 9.54. The van der Waals surface area contributed by atoms with Crippen molar-refractivity contribution < 1.29 is 17.9 Å². The SMILES string of the molecule is CC(C)(C)c1ccc(OCCCC(=O)Nc2ccc(S(=O)(=O)NC3=NCCCCC3)cc2)cc1. The maximum atomic E-state index is 12.6. The van der Waals surface area contributed by atoms with E-state index in [1.807, 2.05) is 12.1 Å². The Balaban J connectivity index is 1.43. The van der Waals surface area contributed by atoms with Crippen LogP contribution in [0.25, 0.3) is 0 Å². The van der Waals surface area contributed by atoms with Crippen LogP contribution in [0.2, 0.25) is 0 Å². The number of amidine groups is 1. The van der Waals surface area contributed by atoms with E-state index in [1.54, 1.807) is 12.1 Å². The van der Waals surface area contributed by atoms with Crippen molar-refractivity contribution in [2.24, 2.45) is 4.99 Å². The number of hydrogen-bond acceptors (Lipinski definition) is 5. The second-order valence-corrected chi connectivity index (χ2v) is 11.2. The maximum absolute atomic E-state index is 12.6. The number of rotatable bonds is 8. The first-order valence-corrected chi connectivity index (χ1v) is 13.3. The number of amides is 1. The summed E-state index contributed by atoms with van der Waals surface area (Å²) in [6, 6.07) is 14.2. The van der Waals surface area contributed by atoms with Gasteiger partial charge in [0.05, 0.1) is 11.5 Å². The highest BCUT2D eigenvalue weighted by molar-refractivity contribution is 7.90. The summed E-state index contributed by atoms with van der Waals surface area (Å²) in [5, 5.41) is 2.80. The van der Waals surface area contributed by atoms with E-state index in [9.17, 15) is 13.2 Å². The molecule has 0 aliphatic carbocycles. The van der Waals surface area contributed by atoms with Gasteiger partial charge in [-0.1, -0.05) is 39.3 Å². The number of carbonyl (C=O) groups excluding carboxylic acids is 1. The highest BCUT2D eigenvalue weighted by atomic mass is 32.2. The van der Waals surface area contributed by atoms with E-state index in [-0.39, 0.29) is 16.2 Å². The lowest BCUT2D eigenvalue weighted by Crippen LogP contribution is -2.30. The van der Waals surface area contributed by atoms with E-state index >= 15 is 0 Å². The summed E-state index contributed by atoms with van der Waals surface area (Å²) in [4.78, 5) is 16.7. The average Bonchev–Trinajstić information content (AvgIpc) is 3.05. The number of anilines is 1. The van der Waals surface area contributed by atoms with E-state index in [2.05, 4.69) is 47.9 Å². The van der Waals surface area contributed by atoms with Gasteiger partial charge >= 0.3 is 0 Å². The third kappa shape index (κ3) is 7.87. The van der Waals surface area contributed by atoms with Gasteiger partial charge < -0.3 is 10.1 Å². The van der Waals surface area contributed by atoms with Crippen molar-refractivity contribution >= 4 is 27.5 Å². The predicted octanol–water partition coefficient (Wildman–Crippen LogP) is 5.03. The van der Waals surface area contributed by atoms with Crippen LogP contribution in [0, 0.1) is 0 Å². The molecule has 2 N–H and O–H groups in total. The molecule has 184 valence electrons. The van der Waals surface area contributed by atoms with Gasteiger partial charge in [0.1, 0.15) is 11.6 Å². The second kappa shape index (κ2) is 11.5. The van der Waals surface area contributed by atoms with Gasteiger partial charge in [0.2, 0.25) is 5.91 Å². The minimum absolute atomic E-state index is 0.0963. The number of nitrogens with one attached hydrogen (secondary N) is 2. The fraction of sp³-hybridized carbons (Fsp3) is 0.462. The lowest BCUT2D eigenvalue weighted by atomic mass is 9.87. The van der Waals surface area contributed by atoms with Gasteiger partial charge in [-0.25, -0.2) is 8.42 Å². The lowest BCUT2D eigenvalue weighted by molar-refractivity contribution is -0.116. The average molecular weight is 486 g/mol. The first kappa shape index (κ1) is 25.7. The van der Waals surface area contributed by atoms with Crippen molar-refractivity contribution in [3.05, 3.63) is 54.1 Å². The molecule has 0 radical (unpaired) electrons. The lowest BCUT2D eigenvalue weighted by Gasteiger charge is -2.19. The van der Waals surface area contributed by atoms with E-state index in [1.165, 1.54) is 17.7 Å². The van der Waals surface area contributed by atoms with E-state index < -0.39 is 10.0 Å². The van der Waals surface area contributed by atoms with Crippen molar-refractivity contribution in [2.45, 2.75) is 69.6 Å². The van der Waals surface area contributed by atoms with E-state index in [0.29, 0.717) is 43.9 Å². The molecule has 0 spiro atoms. The van der Waals surface area contributed by atoms with Gasteiger partial charge in [-0.2, -0.15) is 0 Å². The fourth-order valence-electron chi connectivity index (χ4n) is 3.59. The molecule has 7 nitrogen and oxygen atoms in total. The number of nitrogens with zero attached hydrogens (tertiary/aromatic N) is 1. The fourth-order valence-corrected chi connectivity index (χ4v) is 4.68. The summed E-state index contributed by atoms with van der Waals surface area (Å²) in [5.41, 5.74) is 1.89. The van der Waals surface area contributed by atoms with E-state index in [4.69, 9.17) is 4.74 Å². The van der Waals surface area contributed by atoms with E-state index in [0.717, 1.165) is 25.0 Å². The zero-order valence-electron chi connectivity index (χ0n) is 20.3. The summed E-state index contributed by atoms with van der Waals surface area (Å²) in [6.07, 6.45) is 4.49. The highest BCUT2D eigenvalue weighted by Gasteiger charge is 2.17. The van der Waals surface area contributed by atoms with Gasteiger partial charge in [-0.3, -0.25) is 14.5 Å². The van der Waals surface area contributed by atoms with Gasteiger partial charge in [0.25, 0.3) is 10.0 Å². The molecule has 0 saturated heterocycles. The molecule has 0 fully saturated rings. The molecule has 34 heavy (non-hydrogen) atoms. The van der Waals surface area contributed by atoms with Crippen molar-refractivity contribution in [1.29, 1.82) is 0 Å². The first-order chi connectivity index (χ1) is 16.1. The predicted molar refractivity (Wildman–Crippen MR) is 136 cm³/mol. The molecule has 0 bridgehead atoms. The van der Waals surface area contributed by atoms with Crippen LogP contribution in [0.4, 0.5) is 5.69 Å². The molecule has 1 heterocycles. The number of aliphatic imine (C=N–C) groups is 1. The molecule has 2 aromatic carbocycles. The topological polar surface area (TPSA) is 96.9 Å². The van der Waals surface area contributed by atoms with Crippen LogP contribution in [-0.2, 0) is 20.2 Å². The molecule has 1 aliphatic rings. The summed E-state index contributed by atoms with van der Waals surface area (Å²) < 4.78 is 33.5. The molecular formula is C26H35N3O4S. The Labute approximate surface area is 203 Å². The number of sulfonamides is 1. The Bertz CT molecular complexity index is 1090. The summed E-state index contributed by atoms with van der Waals surface area (Å²) in [5.74, 6) is 1.16. The van der Waals surface area contributed by atoms with Crippen molar-refractivity contribution in [2.75, 3.05) is 18.5 Å².